The van der Waals surface area contributed by atoms with Gasteiger partial charge in [0.2, 0.25) is 0 Å². The van der Waals surface area contributed by atoms with Crippen molar-refractivity contribution < 1.29 is 4.52 Å². The number of hydrogen-bond donors (Lipinski definition) is 1. The molecule has 2 unspecified atom stereocenters. The van der Waals surface area contributed by atoms with E-state index in [0.29, 0.717) is 18.4 Å². The van der Waals surface area contributed by atoms with Crippen molar-refractivity contribution >= 4 is 0 Å². The van der Waals surface area contributed by atoms with Gasteiger partial charge in [0.25, 0.3) is 5.89 Å². The predicted molar refractivity (Wildman–Crippen MR) is 82.9 cm³/mol. The third-order valence-electron chi connectivity index (χ3n) is 4.35. The van der Waals surface area contributed by atoms with E-state index in [0.717, 1.165) is 23.7 Å². The van der Waals surface area contributed by atoms with E-state index in [2.05, 4.69) is 29.2 Å². The van der Waals surface area contributed by atoms with Crippen LogP contribution in [0.4, 0.5) is 0 Å². The topological polar surface area (TPSA) is 64.9 Å². The molecular formula is C17H23N3O. The third-order valence-corrected chi connectivity index (χ3v) is 4.35. The summed E-state index contributed by atoms with van der Waals surface area (Å²) in [7, 11) is 0. The summed E-state index contributed by atoms with van der Waals surface area (Å²) in [5, 5.41) is 4.22. The number of nitrogens with zero attached hydrogens (tertiary/aromatic N) is 2. The van der Waals surface area contributed by atoms with E-state index >= 15 is 0 Å². The summed E-state index contributed by atoms with van der Waals surface area (Å²) in [5.41, 5.74) is 7.81. The second-order valence-electron chi connectivity index (χ2n) is 6.17. The summed E-state index contributed by atoms with van der Waals surface area (Å²) in [4.78, 5) is 4.63. The molecule has 4 nitrogen and oxygen atoms in total. The molecule has 1 aromatic heterocycles. The van der Waals surface area contributed by atoms with Gasteiger partial charge in [-0.25, -0.2) is 0 Å². The van der Waals surface area contributed by atoms with Crippen LogP contribution in [0.15, 0.2) is 28.8 Å². The normalized spacial score (nSPS) is 22.4. The number of rotatable bonds is 4. The second kappa shape index (κ2) is 6.39. The van der Waals surface area contributed by atoms with Crippen LogP contribution >= 0.6 is 0 Å². The standard InChI is InChI=1S/C17H23N3O/c1-12-4-2-6-14(10-12)16-19-17(21-20-16)15-7-3-5-13(11-15)8-9-18/h3,5,7,11-12,14H,2,4,6,8-10,18H2,1H3. The van der Waals surface area contributed by atoms with Crippen LogP contribution in [-0.2, 0) is 6.42 Å². The molecule has 2 aromatic rings. The summed E-state index contributed by atoms with van der Waals surface area (Å²) < 4.78 is 5.48. The Kier molecular flexibility index (Phi) is 4.34. The van der Waals surface area contributed by atoms with Gasteiger partial charge in [-0.15, -0.1) is 0 Å². The SMILES string of the molecule is CC1CCCC(c2noc(-c3cccc(CCN)c3)n2)C1. The molecule has 0 saturated heterocycles. The summed E-state index contributed by atoms with van der Waals surface area (Å²) >= 11 is 0. The van der Waals surface area contributed by atoms with Gasteiger partial charge in [0.15, 0.2) is 5.82 Å². The molecule has 21 heavy (non-hydrogen) atoms. The lowest BCUT2D eigenvalue weighted by Gasteiger charge is -2.23. The van der Waals surface area contributed by atoms with Crippen molar-refractivity contribution in [2.75, 3.05) is 6.54 Å². The lowest BCUT2D eigenvalue weighted by molar-refractivity contribution is 0.324. The average molecular weight is 285 g/mol. The predicted octanol–water partition coefficient (Wildman–Crippen LogP) is 3.53. The van der Waals surface area contributed by atoms with Crippen LogP contribution in [0.25, 0.3) is 11.5 Å². The zero-order valence-corrected chi connectivity index (χ0v) is 12.6. The smallest absolute Gasteiger partial charge is 0.257 e. The lowest BCUT2D eigenvalue weighted by atomic mass is 9.82. The van der Waals surface area contributed by atoms with E-state index in [1.165, 1.54) is 31.2 Å². The highest BCUT2D eigenvalue weighted by Gasteiger charge is 2.24. The lowest BCUT2D eigenvalue weighted by Crippen LogP contribution is -2.12. The molecule has 1 heterocycles. The molecule has 0 aliphatic heterocycles. The molecule has 1 aliphatic carbocycles. The quantitative estimate of drug-likeness (QED) is 0.933. The van der Waals surface area contributed by atoms with E-state index in [4.69, 9.17) is 10.3 Å². The van der Waals surface area contributed by atoms with Crippen LogP contribution in [0.3, 0.4) is 0 Å². The number of hydrogen-bond acceptors (Lipinski definition) is 4. The Morgan fingerprint density at radius 1 is 1.33 bits per heavy atom. The number of nitrogens with two attached hydrogens (primary N) is 1. The Morgan fingerprint density at radius 3 is 3.05 bits per heavy atom. The van der Waals surface area contributed by atoms with Crippen LogP contribution in [0.5, 0.6) is 0 Å². The van der Waals surface area contributed by atoms with E-state index in [1.54, 1.807) is 0 Å². The van der Waals surface area contributed by atoms with Crippen molar-refractivity contribution in [1.82, 2.24) is 10.1 Å². The van der Waals surface area contributed by atoms with Crippen molar-refractivity contribution in [1.29, 1.82) is 0 Å². The van der Waals surface area contributed by atoms with Crippen molar-refractivity contribution in [3.8, 4) is 11.5 Å². The van der Waals surface area contributed by atoms with Gasteiger partial charge in [-0.2, -0.15) is 4.98 Å². The largest absolute Gasteiger partial charge is 0.334 e. The first-order chi connectivity index (χ1) is 10.3. The molecule has 0 bridgehead atoms. The van der Waals surface area contributed by atoms with Gasteiger partial charge < -0.3 is 10.3 Å². The molecule has 2 atom stereocenters. The molecular weight excluding hydrogens is 262 g/mol. The Hall–Kier alpha value is -1.68. The summed E-state index contributed by atoms with van der Waals surface area (Å²) in [6.07, 6.45) is 5.81. The first kappa shape index (κ1) is 14.3. The van der Waals surface area contributed by atoms with Gasteiger partial charge in [-0.3, -0.25) is 0 Å². The molecule has 1 saturated carbocycles. The fourth-order valence-corrected chi connectivity index (χ4v) is 3.21. The Bertz CT molecular complexity index is 593. The zero-order valence-electron chi connectivity index (χ0n) is 12.6. The van der Waals surface area contributed by atoms with Gasteiger partial charge in [0, 0.05) is 11.5 Å². The minimum absolute atomic E-state index is 0.457. The maximum atomic E-state index is 5.61. The van der Waals surface area contributed by atoms with Gasteiger partial charge in [0.1, 0.15) is 0 Å². The fraction of sp³-hybridized carbons (Fsp3) is 0.529. The van der Waals surface area contributed by atoms with Crippen LogP contribution in [0.1, 0.15) is 49.9 Å². The minimum Gasteiger partial charge on any atom is -0.334 e. The minimum atomic E-state index is 0.457. The van der Waals surface area contributed by atoms with Crippen molar-refractivity contribution in [3.05, 3.63) is 35.7 Å². The summed E-state index contributed by atoms with van der Waals surface area (Å²) in [5.74, 6) is 2.72. The number of benzene rings is 1. The molecule has 0 spiro atoms. The van der Waals surface area contributed by atoms with E-state index < -0.39 is 0 Å². The molecule has 1 aliphatic rings. The van der Waals surface area contributed by atoms with Gasteiger partial charge in [-0.05, 0) is 49.4 Å². The highest BCUT2D eigenvalue weighted by molar-refractivity contribution is 5.54. The average Bonchev–Trinajstić information content (AvgIpc) is 2.98. The van der Waals surface area contributed by atoms with Crippen LogP contribution in [0.2, 0.25) is 0 Å². The monoisotopic (exact) mass is 285 g/mol. The first-order valence-electron chi connectivity index (χ1n) is 7.89. The molecule has 1 aromatic carbocycles. The maximum absolute atomic E-state index is 5.61. The Morgan fingerprint density at radius 2 is 2.24 bits per heavy atom. The molecule has 1 fully saturated rings. The summed E-state index contributed by atoms with van der Waals surface area (Å²) in [6, 6.07) is 8.21. The van der Waals surface area contributed by atoms with E-state index in [1.807, 2.05) is 12.1 Å². The van der Waals surface area contributed by atoms with Crippen molar-refractivity contribution in [2.24, 2.45) is 11.7 Å². The van der Waals surface area contributed by atoms with Gasteiger partial charge >= 0.3 is 0 Å². The highest BCUT2D eigenvalue weighted by Crippen LogP contribution is 2.35. The van der Waals surface area contributed by atoms with Crippen LogP contribution in [0, 0.1) is 5.92 Å². The zero-order chi connectivity index (χ0) is 14.7. The first-order valence-corrected chi connectivity index (χ1v) is 7.89. The maximum Gasteiger partial charge on any atom is 0.257 e. The van der Waals surface area contributed by atoms with Crippen molar-refractivity contribution in [3.63, 3.8) is 0 Å². The molecule has 2 N–H and O–H groups in total. The third kappa shape index (κ3) is 3.32. The summed E-state index contributed by atoms with van der Waals surface area (Å²) in [6.45, 7) is 2.96. The van der Waals surface area contributed by atoms with E-state index in [-0.39, 0.29) is 0 Å². The van der Waals surface area contributed by atoms with Gasteiger partial charge in [-0.1, -0.05) is 37.1 Å². The molecule has 0 amide bonds. The molecule has 112 valence electrons. The molecule has 4 heteroatoms. The Balaban J connectivity index is 1.79. The highest BCUT2D eigenvalue weighted by atomic mass is 16.5. The van der Waals surface area contributed by atoms with Crippen molar-refractivity contribution in [2.45, 2.75) is 44.9 Å². The fourth-order valence-electron chi connectivity index (χ4n) is 3.21. The van der Waals surface area contributed by atoms with Crippen LogP contribution < -0.4 is 5.73 Å². The van der Waals surface area contributed by atoms with Gasteiger partial charge in [0.05, 0.1) is 0 Å². The Labute approximate surface area is 125 Å². The number of aromatic nitrogens is 2. The molecule has 3 rings (SSSR count). The van der Waals surface area contributed by atoms with E-state index in [9.17, 15) is 0 Å². The van der Waals surface area contributed by atoms with Crippen LogP contribution in [-0.4, -0.2) is 16.7 Å². The second-order valence-corrected chi connectivity index (χ2v) is 6.17. The molecule has 0 radical (unpaired) electrons.